The molecule has 2 amide bonds. The Kier molecular flexibility index (Phi) is 8.00. The number of azo groups is 1. The van der Waals surface area contributed by atoms with Crippen molar-refractivity contribution in [2.75, 3.05) is 6.54 Å². The number of nitrogens with zero attached hydrogens (tertiary/aromatic N) is 3. The van der Waals surface area contributed by atoms with Gasteiger partial charge in [0.25, 0.3) is 11.8 Å². The number of aromatic hydroxyl groups is 1. The van der Waals surface area contributed by atoms with Gasteiger partial charge in [0.2, 0.25) is 5.88 Å². The molecule has 0 atom stereocenters. The maximum absolute atomic E-state index is 12.1. The van der Waals surface area contributed by atoms with Crippen LogP contribution in [0.3, 0.4) is 0 Å². The van der Waals surface area contributed by atoms with Gasteiger partial charge in [-0.05, 0) is 51.0 Å². The Hall–Kier alpha value is -3.19. The number of nitrogens with one attached hydrogen (secondary N) is 1. The summed E-state index contributed by atoms with van der Waals surface area (Å²) >= 11 is 6.01. The van der Waals surface area contributed by atoms with E-state index in [1.807, 2.05) is 32.0 Å². The van der Waals surface area contributed by atoms with Crippen LogP contribution in [0.1, 0.15) is 48.5 Å². The number of carbonyl (C=O) groups is 2. The molecule has 3 aromatic rings. The summed E-state index contributed by atoms with van der Waals surface area (Å²) in [5.74, 6) is -0.532. The van der Waals surface area contributed by atoms with Crippen LogP contribution in [0.25, 0.3) is 10.9 Å². The zero-order valence-electron chi connectivity index (χ0n) is 18.3. The molecule has 8 heteroatoms. The second-order valence-corrected chi connectivity index (χ2v) is 7.98. The normalized spacial score (nSPS) is 11.3. The monoisotopic (exact) mass is 454 g/mol. The minimum atomic E-state index is -0.338. The van der Waals surface area contributed by atoms with Crippen LogP contribution in [0.2, 0.25) is 5.02 Å². The quantitative estimate of drug-likeness (QED) is 0.310. The van der Waals surface area contributed by atoms with E-state index in [0.29, 0.717) is 35.8 Å². The fourth-order valence-electron chi connectivity index (χ4n) is 3.53. The number of hydrogen-bond donors (Lipinski definition) is 2. The summed E-state index contributed by atoms with van der Waals surface area (Å²) < 4.78 is 1.74. The first-order chi connectivity index (χ1) is 15.4. The minimum absolute atomic E-state index is 0.0129. The van der Waals surface area contributed by atoms with Gasteiger partial charge in [0.05, 0.1) is 16.1 Å². The van der Waals surface area contributed by atoms with E-state index in [1.165, 1.54) is 0 Å². The van der Waals surface area contributed by atoms with Crippen LogP contribution in [-0.4, -0.2) is 28.0 Å². The lowest BCUT2D eigenvalue weighted by Gasteiger charge is -2.06. The molecule has 2 N–H and O–H groups in total. The van der Waals surface area contributed by atoms with Gasteiger partial charge >= 0.3 is 0 Å². The maximum atomic E-state index is 12.1. The SMILES string of the molecule is CCn1c(O)c(N=NC(=O)CCCCCNC(=O)c2ccccc2Cl)c2cc(C)ccc21. The van der Waals surface area contributed by atoms with Gasteiger partial charge in [0.15, 0.2) is 5.69 Å². The fourth-order valence-corrected chi connectivity index (χ4v) is 3.75. The number of halogens is 1. The second-order valence-electron chi connectivity index (χ2n) is 7.58. The highest BCUT2D eigenvalue weighted by atomic mass is 35.5. The van der Waals surface area contributed by atoms with E-state index in [-0.39, 0.29) is 24.1 Å². The number of carbonyl (C=O) groups excluding carboxylic acids is 2. The van der Waals surface area contributed by atoms with Crippen LogP contribution in [0, 0.1) is 6.92 Å². The van der Waals surface area contributed by atoms with Crippen molar-refractivity contribution in [2.24, 2.45) is 10.2 Å². The van der Waals surface area contributed by atoms with E-state index in [1.54, 1.807) is 28.8 Å². The topological polar surface area (TPSA) is 96.0 Å². The number of unbranched alkanes of at least 4 members (excludes halogenated alkanes) is 2. The van der Waals surface area contributed by atoms with Gasteiger partial charge in [-0.1, -0.05) is 41.8 Å². The molecule has 2 aromatic carbocycles. The average Bonchev–Trinajstić information content (AvgIpc) is 3.04. The predicted octanol–water partition coefficient (Wildman–Crippen LogP) is 5.93. The van der Waals surface area contributed by atoms with Crippen molar-refractivity contribution >= 4 is 40.0 Å². The lowest BCUT2D eigenvalue weighted by molar-refractivity contribution is -0.118. The molecule has 3 rings (SSSR count). The maximum Gasteiger partial charge on any atom is 0.264 e. The van der Waals surface area contributed by atoms with Crippen molar-refractivity contribution < 1.29 is 14.7 Å². The molecule has 1 heterocycles. The summed E-state index contributed by atoms with van der Waals surface area (Å²) in [5, 5.41) is 22.4. The zero-order valence-corrected chi connectivity index (χ0v) is 19.0. The molecule has 0 saturated heterocycles. The number of rotatable bonds is 9. The van der Waals surface area contributed by atoms with Gasteiger partial charge < -0.3 is 15.0 Å². The first-order valence-electron chi connectivity index (χ1n) is 10.7. The zero-order chi connectivity index (χ0) is 23.1. The Bertz CT molecular complexity index is 1150. The highest BCUT2D eigenvalue weighted by Gasteiger charge is 2.16. The number of fused-ring (bicyclic) bond motifs is 1. The number of benzene rings is 2. The molecule has 7 nitrogen and oxygen atoms in total. The third kappa shape index (κ3) is 5.53. The van der Waals surface area contributed by atoms with Crippen molar-refractivity contribution in [3.63, 3.8) is 0 Å². The Morgan fingerprint density at radius 3 is 2.66 bits per heavy atom. The minimum Gasteiger partial charge on any atom is -0.493 e. The molecular formula is C24H27ClN4O3. The van der Waals surface area contributed by atoms with Gasteiger partial charge in [-0.3, -0.25) is 9.59 Å². The molecule has 1 aromatic heterocycles. The number of aromatic nitrogens is 1. The van der Waals surface area contributed by atoms with Gasteiger partial charge in [-0.15, -0.1) is 10.2 Å². The average molecular weight is 455 g/mol. The largest absolute Gasteiger partial charge is 0.493 e. The molecule has 0 fully saturated rings. The van der Waals surface area contributed by atoms with Gasteiger partial charge in [-0.2, -0.15) is 0 Å². The first kappa shape index (κ1) is 23.5. The van der Waals surface area contributed by atoms with E-state index >= 15 is 0 Å². The first-order valence-corrected chi connectivity index (χ1v) is 11.1. The fraction of sp³-hybridized carbons (Fsp3) is 0.333. The standard InChI is InChI=1S/C24H27ClN4O3/c1-3-29-20-13-12-16(2)15-18(20)22(24(29)32)28-27-21(30)11-5-4-8-14-26-23(31)17-9-6-7-10-19(17)25/h6-7,9-10,12-13,15,32H,3-5,8,11,14H2,1-2H3,(H,26,31). The molecule has 0 aliphatic carbocycles. The third-order valence-electron chi connectivity index (χ3n) is 5.21. The Balaban J connectivity index is 1.47. The van der Waals surface area contributed by atoms with Crippen LogP contribution in [0.15, 0.2) is 52.7 Å². The van der Waals surface area contributed by atoms with Crippen LogP contribution >= 0.6 is 11.6 Å². The Morgan fingerprint density at radius 2 is 1.91 bits per heavy atom. The van der Waals surface area contributed by atoms with E-state index in [2.05, 4.69) is 15.5 Å². The van der Waals surface area contributed by atoms with Gasteiger partial charge in [-0.25, -0.2) is 0 Å². The molecule has 0 aliphatic rings. The van der Waals surface area contributed by atoms with Gasteiger partial charge in [0, 0.05) is 24.9 Å². The number of aryl methyl sites for hydroxylation is 2. The van der Waals surface area contributed by atoms with Crippen molar-refractivity contribution in [3.8, 4) is 5.88 Å². The van der Waals surface area contributed by atoms with E-state index < -0.39 is 0 Å². The van der Waals surface area contributed by atoms with E-state index in [4.69, 9.17) is 11.6 Å². The predicted molar refractivity (Wildman–Crippen MR) is 126 cm³/mol. The molecule has 0 spiro atoms. The Morgan fingerprint density at radius 1 is 1.12 bits per heavy atom. The smallest absolute Gasteiger partial charge is 0.264 e. The van der Waals surface area contributed by atoms with Crippen molar-refractivity contribution in [1.29, 1.82) is 0 Å². The Labute approximate surface area is 192 Å². The summed E-state index contributed by atoms with van der Waals surface area (Å²) in [6.45, 7) is 4.98. The molecule has 32 heavy (non-hydrogen) atoms. The van der Waals surface area contributed by atoms with Crippen LogP contribution < -0.4 is 5.32 Å². The summed E-state index contributed by atoms with van der Waals surface area (Å²) in [6, 6.07) is 12.7. The second kappa shape index (κ2) is 10.9. The molecule has 168 valence electrons. The number of amides is 2. The molecular weight excluding hydrogens is 428 g/mol. The summed E-state index contributed by atoms with van der Waals surface area (Å²) in [7, 11) is 0. The van der Waals surface area contributed by atoms with Gasteiger partial charge in [0.1, 0.15) is 0 Å². The molecule has 0 radical (unpaired) electrons. The highest BCUT2D eigenvalue weighted by molar-refractivity contribution is 6.33. The lowest BCUT2D eigenvalue weighted by atomic mass is 10.1. The van der Waals surface area contributed by atoms with Crippen LogP contribution in [-0.2, 0) is 11.3 Å². The third-order valence-corrected chi connectivity index (χ3v) is 5.54. The van der Waals surface area contributed by atoms with Crippen LogP contribution in [0.4, 0.5) is 5.69 Å². The lowest BCUT2D eigenvalue weighted by Crippen LogP contribution is -2.24. The molecule has 0 unspecified atom stereocenters. The van der Waals surface area contributed by atoms with Crippen molar-refractivity contribution in [3.05, 3.63) is 58.6 Å². The molecule has 0 bridgehead atoms. The van der Waals surface area contributed by atoms with Crippen LogP contribution in [0.5, 0.6) is 5.88 Å². The summed E-state index contributed by atoms with van der Waals surface area (Å²) in [4.78, 5) is 24.2. The van der Waals surface area contributed by atoms with E-state index in [0.717, 1.165) is 29.3 Å². The van der Waals surface area contributed by atoms with E-state index in [9.17, 15) is 14.7 Å². The molecule has 0 aliphatic heterocycles. The van der Waals surface area contributed by atoms with Crippen molar-refractivity contribution in [1.82, 2.24) is 9.88 Å². The summed E-state index contributed by atoms with van der Waals surface area (Å²) in [5.41, 5.74) is 2.67. The number of hydrogen-bond acceptors (Lipinski definition) is 4. The summed E-state index contributed by atoms with van der Waals surface area (Å²) in [6.07, 6.45) is 2.41. The molecule has 0 saturated carbocycles. The van der Waals surface area contributed by atoms with Crippen molar-refractivity contribution in [2.45, 2.75) is 46.1 Å². The highest BCUT2D eigenvalue weighted by Crippen LogP contribution is 2.39.